The topological polar surface area (TPSA) is 69.6 Å². The molecule has 0 fully saturated rings. The quantitative estimate of drug-likeness (QED) is 0.882. The predicted octanol–water partition coefficient (Wildman–Crippen LogP) is 2.80. The number of aromatic nitrogens is 1. The molecule has 3 rings (SSSR count). The number of nitrogens with zero attached hydrogens (tertiary/aromatic N) is 1. The smallest absolute Gasteiger partial charge is 0.395 e. The average molecular weight is 322 g/mol. The summed E-state index contributed by atoms with van der Waals surface area (Å²) in [5.74, 6) is -0.912. The third kappa shape index (κ3) is 2.87. The van der Waals surface area contributed by atoms with Crippen LogP contribution in [0.25, 0.3) is 0 Å². The molecule has 0 atom stereocenters. The van der Waals surface area contributed by atoms with Gasteiger partial charge in [0.1, 0.15) is 5.69 Å². The van der Waals surface area contributed by atoms with E-state index in [4.69, 9.17) is 0 Å². The molecule has 0 unspecified atom stereocenters. The molecule has 0 radical (unpaired) electrons. The van der Waals surface area contributed by atoms with Crippen molar-refractivity contribution < 1.29 is 27.8 Å². The number of hydrogen-bond donors (Lipinski definition) is 1. The molecule has 2 aromatic rings. The van der Waals surface area contributed by atoms with Gasteiger partial charge < -0.3 is 19.4 Å². The van der Waals surface area contributed by atoms with Crippen LogP contribution in [-0.2, 0) is 7.05 Å². The summed E-state index contributed by atoms with van der Waals surface area (Å²) < 4.78 is 36.0. The Morgan fingerprint density at radius 2 is 1.87 bits per heavy atom. The fourth-order valence-electron chi connectivity index (χ4n) is 2.20. The van der Waals surface area contributed by atoms with Crippen LogP contribution in [0.4, 0.5) is 14.5 Å². The van der Waals surface area contributed by atoms with E-state index in [0.29, 0.717) is 5.56 Å². The Morgan fingerprint density at radius 3 is 2.52 bits per heavy atom. The first-order chi connectivity index (χ1) is 10.7. The second-order valence-electron chi connectivity index (χ2n) is 5.06. The molecule has 6 nitrogen and oxygen atoms in total. The van der Waals surface area contributed by atoms with E-state index in [1.54, 1.807) is 7.05 Å². The zero-order valence-electron chi connectivity index (χ0n) is 12.2. The van der Waals surface area contributed by atoms with Crippen molar-refractivity contribution in [1.29, 1.82) is 0 Å². The van der Waals surface area contributed by atoms with Crippen molar-refractivity contribution in [3.63, 3.8) is 0 Å². The summed E-state index contributed by atoms with van der Waals surface area (Å²) in [4.78, 5) is 23.6. The number of nitrogens with one attached hydrogen (secondary N) is 1. The number of halogens is 2. The van der Waals surface area contributed by atoms with Crippen molar-refractivity contribution >= 4 is 17.4 Å². The van der Waals surface area contributed by atoms with Crippen LogP contribution < -0.4 is 14.8 Å². The lowest BCUT2D eigenvalue weighted by atomic mass is 10.2. The highest BCUT2D eigenvalue weighted by atomic mass is 19.3. The average Bonchev–Trinajstić information content (AvgIpc) is 2.96. The number of amides is 1. The van der Waals surface area contributed by atoms with Gasteiger partial charge in [-0.2, -0.15) is 0 Å². The van der Waals surface area contributed by atoms with Crippen molar-refractivity contribution in [3.05, 3.63) is 41.7 Å². The summed E-state index contributed by atoms with van der Waals surface area (Å²) in [7, 11) is 1.63. The molecule has 2 heterocycles. The van der Waals surface area contributed by atoms with Crippen LogP contribution in [0.1, 0.15) is 27.8 Å². The van der Waals surface area contributed by atoms with Gasteiger partial charge in [-0.15, -0.1) is 8.78 Å². The predicted molar refractivity (Wildman–Crippen MR) is 76.0 cm³/mol. The van der Waals surface area contributed by atoms with E-state index in [0.717, 1.165) is 0 Å². The van der Waals surface area contributed by atoms with E-state index >= 15 is 0 Å². The van der Waals surface area contributed by atoms with E-state index in [1.165, 1.54) is 42.0 Å². The molecule has 0 saturated carbocycles. The van der Waals surface area contributed by atoms with Gasteiger partial charge in [0.25, 0.3) is 5.91 Å². The minimum atomic E-state index is -3.71. The van der Waals surface area contributed by atoms with Gasteiger partial charge in [-0.3, -0.25) is 9.59 Å². The summed E-state index contributed by atoms with van der Waals surface area (Å²) in [5, 5.41) is 2.56. The third-order valence-corrected chi connectivity index (χ3v) is 3.30. The van der Waals surface area contributed by atoms with Crippen LogP contribution in [0, 0.1) is 0 Å². The van der Waals surface area contributed by atoms with Gasteiger partial charge in [-0.25, -0.2) is 0 Å². The molecule has 0 spiro atoms. The zero-order chi connectivity index (χ0) is 16.8. The van der Waals surface area contributed by atoms with Gasteiger partial charge in [0.2, 0.25) is 0 Å². The summed E-state index contributed by atoms with van der Waals surface area (Å²) in [6.07, 6.45) is -2.17. The van der Waals surface area contributed by atoms with Crippen LogP contribution in [0.2, 0.25) is 0 Å². The first kappa shape index (κ1) is 15.0. The Balaban J connectivity index is 1.81. The largest absolute Gasteiger partial charge is 0.586 e. The zero-order valence-corrected chi connectivity index (χ0v) is 12.2. The number of rotatable bonds is 3. The van der Waals surface area contributed by atoms with Crippen LogP contribution in [0.3, 0.4) is 0 Å². The van der Waals surface area contributed by atoms with Gasteiger partial charge in [0, 0.05) is 30.6 Å². The highest BCUT2D eigenvalue weighted by Gasteiger charge is 2.43. The lowest BCUT2D eigenvalue weighted by Crippen LogP contribution is -2.25. The molecular formula is C15H12F2N2O4. The Bertz CT molecular complexity index is 814. The molecule has 0 saturated heterocycles. The van der Waals surface area contributed by atoms with Crippen LogP contribution in [0.15, 0.2) is 30.5 Å². The van der Waals surface area contributed by atoms with E-state index in [1.807, 2.05) is 0 Å². The van der Waals surface area contributed by atoms with Gasteiger partial charge >= 0.3 is 6.29 Å². The van der Waals surface area contributed by atoms with Crippen molar-refractivity contribution in [2.75, 3.05) is 5.32 Å². The molecule has 1 aliphatic rings. The van der Waals surface area contributed by atoms with E-state index in [-0.39, 0.29) is 28.7 Å². The van der Waals surface area contributed by atoms with Gasteiger partial charge in [-0.1, -0.05) is 0 Å². The summed E-state index contributed by atoms with van der Waals surface area (Å²) in [6.45, 7) is 1.40. The lowest BCUT2D eigenvalue weighted by Gasteiger charge is -2.06. The number of hydrogen-bond acceptors (Lipinski definition) is 4. The molecule has 0 bridgehead atoms. The highest BCUT2D eigenvalue weighted by molar-refractivity contribution is 6.05. The Morgan fingerprint density at radius 1 is 1.17 bits per heavy atom. The van der Waals surface area contributed by atoms with Gasteiger partial charge in [0.15, 0.2) is 17.3 Å². The number of alkyl halides is 2. The van der Waals surface area contributed by atoms with Gasteiger partial charge in [0.05, 0.1) is 0 Å². The van der Waals surface area contributed by atoms with E-state index in [2.05, 4.69) is 14.8 Å². The molecule has 120 valence electrons. The van der Waals surface area contributed by atoms with Crippen molar-refractivity contribution in [3.8, 4) is 11.5 Å². The maximum absolute atomic E-state index is 13.0. The molecule has 1 amide bonds. The lowest BCUT2D eigenvalue weighted by molar-refractivity contribution is -0.286. The normalized spacial score (nSPS) is 14.6. The molecule has 8 heteroatoms. The second-order valence-corrected chi connectivity index (χ2v) is 5.06. The fraction of sp³-hybridized carbons (Fsp3) is 0.200. The van der Waals surface area contributed by atoms with E-state index < -0.39 is 12.2 Å². The minimum absolute atomic E-state index is 0.106. The van der Waals surface area contributed by atoms with Crippen LogP contribution in [-0.4, -0.2) is 22.6 Å². The minimum Gasteiger partial charge on any atom is -0.395 e. The molecule has 0 aliphatic carbocycles. The SMILES string of the molecule is CC(=O)c1cc(C(=O)Nc2ccc3c(c2)OC(F)(F)O3)n(C)c1. The van der Waals surface area contributed by atoms with Crippen LogP contribution >= 0.6 is 0 Å². The number of Topliss-reactive ketones (excluding diaryl/α,β-unsaturated/α-hetero) is 1. The molecule has 1 N–H and O–H groups in total. The van der Waals surface area contributed by atoms with Crippen LogP contribution in [0.5, 0.6) is 11.5 Å². The summed E-state index contributed by atoms with van der Waals surface area (Å²) in [5.41, 5.74) is 0.932. The second kappa shape index (κ2) is 5.08. The van der Waals surface area contributed by atoms with Gasteiger partial charge in [-0.05, 0) is 25.1 Å². The summed E-state index contributed by atoms with van der Waals surface area (Å²) >= 11 is 0. The molecule has 1 aliphatic heterocycles. The van der Waals surface area contributed by atoms with Crippen molar-refractivity contribution in [2.24, 2.45) is 7.05 Å². The highest BCUT2D eigenvalue weighted by Crippen LogP contribution is 2.42. The van der Waals surface area contributed by atoms with E-state index in [9.17, 15) is 18.4 Å². The molecular weight excluding hydrogens is 310 g/mol. The Hall–Kier alpha value is -2.90. The number of carbonyl (C=O) groups excluding carboxylic acids is 2. The molecule has 1 aromatic heterocycles. The number of benzene rings is 1. The monoisotopic (exact) mass is 322 g/mol. The maximum atomic E-state index is 13.0. The number of anilines is 1. The third-order valence-electron chi connectivity index (χ3n) is 3.30. The first-order valence-electron chi connectivity index (χ1n) is 6.64. The number of aryl methyl sites for hydroxylation is 1. The number of carbonyl (C=O) groups is 2. The maximum Gasteiger partial charge on any atom is 0.586 e. The first-order valence-corrected chi connectivity index (χ1v) is 6.64. The summed E-state index contributed by atoms with van der Waals surface area (Å²) in [6, 6.07) is 5.38. The standard InChI is InChI=1S/C15H12F2N2O4/c1-8(20)9-5-11(19(2)7-9)14(21)18-10-3-4-12-13(6-10)23-15(16,17)22-12/h3-7H,1-2H3,(H,18,21). The number of fused-ring (bicyclic) bond motifs is 1. The Labute approximate surface area is 129 Å². The molecule has 23 heavy (non-hydrogen) atoms. The van der Waals surface area contributed by atoms with Crippen molar-refractivity contribution in [2.45, 2.75) is 13.2 Å². The number of ether oxygens (including phenoxy) is 2. The Kier molecular flexibility index (Phi) is 3.32. The van der Waals surface area contributed by atoms with Crippen molar-refractivity contribution in [1.82, 2.24) is 4.57 Å². The molecule has 1 aromatic carbocycles. The number of ketones is 1. The fourth-order valence-corrected chi connectivity index (χ4v) is 2.20.